The average molecular weight is 227 g/mol. The summed E-state index contributed by atoms with van der Waals surface area (Å²) in [5, 5.41) is 3.47. The topological polar surface area (TPSA) is 12.0 Å². The van der Waals surface area contributed by atoms with E-state index in [1.54, 1.807) is 0 Å². The van der Waals surface area contributed by atoms with Gasteiger partial charge in [0.2, 0.25) is 0 Å². The molecule has 0 amide bonds. The third-order valence-corrected chi connectivity index (χ3v) is 3.08. The van der Waals surface area contributed by atoms with Crippen molar-refractivity contribution in [3.05, 3.63) is 0 Å². The molecule has 0 fully saturated rings. The van der Waals surface area contributed by atoms with E-state index in [2.05, 4.69) is 26.1 Å². The number of nitrogens with one attached hydrogen (secondary N) is 1. The number of rotatable bonds is 12. The lowest BCUT2D eigenvalue weighted by atomic mass is 10.1. The molecule has 0 aromatic rings. The molecular weight excluding hydrogens is 194 g/mol. The fourth-order valence-corrected chi connectivity index (χ4v) is 2.00. The average Bonchev–Trinajstić information content (AvgIpc) is 2.25. The minimum Gasteiger partial charge on any atom is -0.315 e. The van der Waals surface area contributed by atoms with E-state index in [9.17, 15) is 0 Å². The molecule has 0 radical (unpaired) electrons. The van der Waals surface area contributed by atoms with Crippen molar-refractivity contribution in [2.45, 2.75) is 91.0 Å². The number of unbranched alkanes of at least 4 members (excludes halogenated alkanes) is 9. The molecule has 0 rings (SSSR count). The van der Waals surface area contributed by atoms with Crippen LogP contribution in [-0.2, 0) is 0 Å². The molecule has 98 valence electrons. The van der Waals surface area contributed by atoms with Gasteiger partial charge in [-0.3, -0.25) is 0 Å². The fraction of sp³-hybridized carbons (Fsp3) is 1.00. The summed E-state index contributed by atoms with van der Waals surface area (Å²) in [7, 11) is 0. The van der Waals surface area contributed by atoms with Crippen LogP contribution in [0.3, 0.4) is 0 Å². The van der Waals surface area contributed by atoms with Gasteiger partial charge in [0.1, 0.15) is 0 Å². The van der Waals surface area contributed by atoms with Crippen LogP contribution in [0.5, 0.6) is 0 Å². The normalized spacial score (nSPS) is 11.2. The van der Waals surface area contributed by atoms with Crippen molar-refractivity contribution in [2.75, 3.05) is 6.54 Å². The van der Waals surface area contributed by atoms with E-state index in [1.807, 2.05) is 0 Å². The van der Waals surface area contributed by atoms with Crippen LogP contribution in [0.4, 0.5) is 0 Å². The Bertz CT molecular complexity index is 121. The molecular formula is C15H33N. The monoisotopic (exact) mass is 227 g/mol. The zero-order chi connectivity index (χ0) is 12.1. The second-order valence-corrected chi connectivity index (χ2v) is 5.29. The second kappa shape index (κ2) is 13.0. The largest absolute Gasteiger partial charge is 0.315 e. The lowest BCUT2D eigenvalue weighted by Crippen LogP contribution is -2.23. The molecule has 0 aromatic heterocycles. The Morgan fingerprint density at radius 3 is 1.56 bits per heavy atom. The summed E-state index contributed by atoms with van der Waals surface area (Å²) in [5.74, 6) is 0. The molecule has 0 aromatic carbocycles. The van der Waals surface area contributed by atoms with Crippen molar-refractivity contribution < 1.29 is 0 Å². The van der Waals surface area contributed by atoms with Crippen LogP contribution >= 0.6 is 0 Å². The lowest BCUT2D eigenvalue weighted by molar-refractivity contribution is 0.524. The molecule has 16 heavy (non-hydrogen) atoms. The Balaban J connectivity index is 2.88. The van der Waals surface area contributed by atoms with E-state index in [0.717, 1.165) is 0 Å². The van der Waals surface area contributed by atoms with E-state index in [0.29, 0.717) is 6.04 Å². The van der Waals surface area contributed by atoms with Crippen molar-refractivity contribution in [3.63, 3.8) is 0 Å². The summed E-state index contributed by atoms with van der Waals surface area (Å²) < 4.78 is 0. The van der Waals surface area contributed by atoms with Crippen molar-refractivity contribution in [2.24, 2.45) is 0 Å². The van der Waals surface area contributed by atoms with E-state index in [1.165, 1.54) is 70.8 Å². The maximum absolute atomic E-state index is 3.47. The summed E-state index contributed by atoms with van der Waals surface area (Å²) in [5.41, 5.74) is 0. The van der Waals surface area contributed by atoms with Gasteiger partial charge in [0.05, 0.1) is 0 Å². The van der Waals surface area contributed by atoms with Crippen LogP contribution in [0.1, 0.15) is 85.0 Å². The Hall–Kier alpha value is -0.0400. The van der Waals surface area contributed by atoms with Gasteiger partial charge >= 0.3 is 0 Å². The van der Waals surface area contributed by atoms with Crippen molar-refractivity contribution in [1.29, 1.82) is 0 Å². The standard InChI is InChI=1S/C15H33N/c1-4-5-6-7-8-9-10-11-12-13-14-16-15(2)3/h15-16H,4-14H2,1-3H3. The SMILES string of the molecule is CCCCCCCCCCCCNC(C)C. The molecule has 1 nitrogen and oxygen atoms in total. The number of hydrogen-bond donors (Lipinski definition) is 1. The Morgan fingerprint density at radius 2 is 1.12 bits per heavy atom. The van der Waals surface area contributed by atoms with Crippen LogP contribution in [0, 0.1) is 0 Å². The highest BCUT2D eigenvalue weighted by Gasteiger charge is 1.93. The van der Waals surface area contributed by atoms with Gasteiger partial charge in [-0.05, 0) is 13.0 Å². The van der Waals surface area contributed by atoms with Gasteiger partial charge in [0.25, 0.3) is 0 Å². The summed E-state index contributed by atoms with van der Waals surface area (Å²) >= 11 is 0. The molecule has 0 aliphatic rings. The lowest BCUT2D eigenvalue weighted by Gasteiger charge is -2.07. The van der Waals surface area contributed by atoms with Gasteiger partial charge < -0.3 is 5.32 Å². The third kappa shape index (κ3) is 14.0. The molecule has 0 aliphatic carbocycles. The zero-order valence-electron chi connectivity index (χ0n) is 11.9. The predicted octanol–water partition coefficient (Wildman–Crippen LogP) is 4.91. The first-order valence-electron chi connectivity index (χ1n) is 7.50. The van der Waals surface area contributed by atoms with E-state index in [-0.39, 0.29) is 0 Å². The molecule has 1 heteroatoms. The Kier molecular flexibility index (Phi) is 13.0. The molecule has 0 aliphatic heterocycles. The third-order valence-electron chi connectivity index (χ3n) is 3.08. The van der Waals surface area contributed by atoms with Gasteiger partial charge in [-0.25, -0.2) is 0 Å². The second-order valence-electron chi connectivity index (χ2n) is 5.29. The highest BCUT2D eigenvalue weighted by atomic mass is 14.9. The predicted molar refractivity (Wildman–Crippen MR) is 75.0 cm³/mol. The molecule has 0 heterocycles. The minimum absolute atomic E-state index is 0.651. The molecule has 0 unspecified atom stereocenters. The van der Waals surface area contributed by atoms with Gasteiger partial charge in [0.15, 0.2) is 0 Å². The van der Waals surface area contributed by atoms with Crippen LogP contribution < -0.4 is 5.32 Å². The summed E-state index contributed by atoms with van der Waals surface area (Å²) in [6, 6.07) is 0.651. The molecule has 0 atom stereocenters. The smallest absolute Gasteiger partial charge is 0.00103 e. The van der Waals surface area contributed by atoms with Crippen molar-refractivity contribution in [1.82, 2.24) is 5.32 Å². The van der Waals surface area contributed by atoms with Gasteiger partial charge in [-0.2, -0.15) is 0 Å². The molecule has 0 spiro atoms. The molecule has 1 N–H and O–H groups in total. The van der Waals surface area contributed by atoms with Gasteiger partial charge in [0, 0.05) is 6.04 Å². The maximum Gasteiger partial charge on any atom is 0.00103 e. The summed E-state index contributed by atoms with van der Waals surface area (Å²) in [6.45, 7) is 7.92. The minimum atomic E-state index is 0.651. The number of hydrogen-bond acceptors (Lipinski definition) is 1. The van der Waals surface area contributed by atoms with E-state index in [4.69, 9.17) is 0 Å². The van der Waals surface area contributed by atoms with Crippen molar-refractivity contribution in [3.8, 4) is 0 Å². The summed E-state index contributed by atoms with van der Waals surface area (Å²) in [6.07, 6.45) is 14.3. The first kappa shape index (κ1) is 16.0. The van der Waals surface area contributed by atoms with Crippen LogP contribution in [0.25, 0.3) is 0 Å². The Labute approximate surface area is 103 Å². The quantitative estimate of drug-likeness (QED) is 0.467. The van der Waals surface area contributed by atoms with Crippen LogP contribution in [0.2, 0.25) is 0 Å². The van der Waals surface area contributed by atoms with Gasteiger partial charge in [-0.15, -0.1) is 0 Å². The molecule has 0 saturated carbocycles. The van der Waals surface area contributed by atoms with E-state index >= 15 is 0 Å². The first-order chi connectivity index (χ1) is 7.77. The van der Waals surface area contributed by atoms with Gasteiger partial charge in [-0.1, -0.05) is 78.6 Å². The first-order valence-corrected chi connectivity index (χ1v) is 7.50. The zero-order valence-corrected chi connectivity index (χ0v) is 11.9. The highest BCUT2D eigenvalue weighted by molar-refractivity contribution is 4.53. The van der Waals surface area contributed by atoms with Crippen molar-refractivity contribution >= 4 is 0 Å². The highest BCUT2D eigenvalue weighted by Crippen LogP contribution is 2.10. The molecule has 0 bridgehead atoms. The summed E-state index contributed by atoms with van der Waals surface area (Å²) in [4.78, 5) is 0. The van der Waals surface area contributed by atoms with Crippen LogP contribution in [-0.4, -0.2) is 12.6 Å². The van der Waals surface area contributed by atoms with Crippen LogP contribution in [0.15, 0.2) is 0 Å². The maximum atomic E-state index is 3.47. The van der Waals surface area contributed by atoms with E-state index < -0.39 is 0 Å². The fourth-order valence-electron chi connectivity index (χ4n) is 2.00. The molecule has 0 saturated heterocycles. The Morgan fingerprint density at radius 1 is 0.688 bits per heavy atom.